The molecule has 1 amide bonds. The summed E-state index contributed by atoms with van der Waals surface area (Å²) in [6.45, 7) is 5.17. The lowest BCUT2D eigenvalue weighted by molar-refractivity contribution is -0.123. The molecule has 1 aliphatic carbocycles. The Morgan fingerprint density at radius 2 is 1.89 bits per heavy atom. The van der Waals surface area contributed by atoms with Crippen LogP contribution in [0.3, 0.4) is 0 Å². The number of carbonyl (C=O) groups is 1. The largest absolute Gasteiger partial charge is 0.354 e. The Hall–Kier alpha value is -0.610. The summed E-state index contributed by atoms with van der Waals surface area (Å²) in [5.41, 5.74) is 5.90. The minimum Gasteiger partial charge on any atom is -0.354 e. The Labute approximate surface area is 118 Å². The van der Waals surface area contributed by atoms with Crippen molar-refractivity contribution in [2.45, 2.75) is 64.0 Å². The van der Waals surface area contributed by atoms with Crippen LogP contribution in [-0.2, 0) is 4.79 Å². The molecule has 0 spiro atoms. The van der Waals surface area contributed by atoms with Crippen molar-refractivity contribution in [3.63, 3.8) is 0 Å². The molecular formula is C15H31N3O. The van der Waals surface area contributed by atoms with Gasteiger partial charge in [-0.15, -0.1) is 0 Å². The molecule has 0 radical (unpaired) electrons. The van der Waals surface area contributed by atoms with Crippen LogP contribution in [-0.4, -0.2) is 43.0 Å². The molecule has 112 valence electrons. The first-order valence-corrected chi connectivity index (χ1v) is 7.64. The van der Waals surface area contributed by atoms with E-state index in [0.29, 0.717) is 18.4 Å². The van der Waals surface area contributed by atoms with Crippen molar-refractivity contribution in [3.8, 4) is 0 Å². The zero-order valence-electron chi connectivity index (χ0n) is 13.0. The van der Waals surface area contributed by atoms with Crippen LogP contribution in [0, 0.1) is 5.92 Å². The zero-order chi connectivity index (χ0) is 14.5. The van der Waals surface area contributed by atoms with Crippen molar-refractivity contribution in [1.82, 2.24) is 10.2 Å². The molecule has 4 nitrogen and oxygen atoms in total. The third-order valence-electron chi connectivity index (χ3n) is 4.63. The molecule has 1 saturated carbocycles. The van der Waals surface area contributed by atoms with Gasteiger partial charge in [0.15, 0.2) is 0 Å². The Bertz CT molecular complexity index is 283. The van der Waals surface area contributed by atoms with Crippen LogP contribution >= 0.6 is 0 Å². The highest BCUT2D eigenvalue weighted by molar-refractivity contribution is 5.77. The van der Waals surface area contributed by atoms with E-state index in [9.17, 15) is 4.79 Å². The number of rotatable bonds is 8. The standard InChI is InChI=1S/C15H31N3O/c1-5-12(6-2)13(18(3)4)11-17-14(19)10-15(16)8-7-9-15/h12-13H,5-11,16H2,1-4H3,(H,17,19). The molecule has 1 aliphatic rings. The predicted octanol–water partition coefficient (Wildman–Crippen LogP) is 1.74. The third-order valence-corrected chi connectivity index (χ3v) is 4.63. The van der Waals surface area contributed by atoms with Gasteiger partial charge in [0.2, 0.25) is 5.91 Å². The highest BCUT2D eigenvalue weighted by Gasteiger charge is 2.34. The Morgan fingerprint density at radius 1 is 1.32 bits per heavy atom. The first kappa shape index (κ1) is 16.4. The topological polar surface area (TPSA) is 58.4 Å². The van der Waals surface area contributed by atoms with Crippen molar-refractivity contribution in [1.29, 1.82) is 0 Å². The van der Waals surface area contributed by atoms with Crippen LogP contribution in [0.1, 0.15) is 52.4 Å². The van der Waals surface area contributed by atoms with E-state index in [1.807, 2.05) is 0 Å². The number of likely N-dealkylation sites (N-methyl/N-ethyl adjacent to an activating group) is 1. The minimum absolute atomic E-state index is 0.111. The second-order valence-corrected chi connectivity index (χ2v) is 6.30. The molecule has 3 N–H and O–H groups in total. The highest BCUT2D eigenvalue weighted by atomic mass is 16.1. The van der Waals surface area contributed by atoms with Crippen molar-refractivity contribution in [2.24, 2.45) is 11.7 Å². The second kappa shape index (κ2) is 7.25. The van der Waals surface area contributed by atoms with Gasteiger partial charge in [0.1, 0.15) is 0 Å². The molecule has 0 aromatic heterocycles. The van der Waals surface area contributed by atoms with E-state index < -0.39 is 0 Å². The molecule has 19 heavy (non-hydrogen) atoms. The summed E-state index contributed by atoms with van der Waals surface area (Å²) in [4.78, 5) is 14.2. The lowest BCUT2D eigenvalue weighted by Gasteiger charge is -2.38. The zero-order valence-corrected chi connectivity index (χ0v) is 13.0. The molecular weight excluding hydrogens is 238 g/mol. The first-order valence-electron chi connectivity index (χ1n) is 7.64. The Balaban J connectivity index is 2.40. The predicted molar refractivity (Wildman–Crippen MR) is 79.9 cm³/mol. The van der Waals surface area contributed by atoms with Crippen molar-refractivity contribution in [3.05, 3.63) is 0 Å². The monoisotopic (exact) mass is 269 g/mol. The lowest BCUT2D eigenvalue weighted by atomic mass is 9.75. The van der Waals surface area contributed by atoms with Crippen LogP contribution < -0.4 is 11.1 Å². The summed E-state index contributed by atoms with van der Waals surface area (Å²) in [5.74, 6) is 0.742. The van der Waals surface area contributed by atoms with E-state index >= 15 is 0 Å². The number of carbonyl (C=O) groups excluding carboxylic acids is 1. The number of nitrogens with two attached hydrogens (primary N) is 1. The molecule has 1 rings (SSSR count). The van der Waals surface area contributed by atoms with Gasteiger partial charge in [-0.25, -0.2) is 0 Å². The Morgan fingerprint density at radius 3 is 2.26 bits per heavy atom. The molecule has 1 fully saturated rings. The lowest BCUT2D eigenvalue weighted by Crippen LogP contribution is -2.51. The molecule has 0 aromatic rings. The first-order chi connectivity index (χ1) is 8.91. The van der Waals surface area contributed by atoms with E-state index in [4.69, 9.17) is 5.73 Å². The van der Waals surface area contributed by atoms with Gasteiger partial charge in [0, 0.05) is 24.5 Å². The fraction of sp³-hybridized carbons (Fsp3) is 0.933. The van der Waals surface area contributed by atoms with E-state index in [2.05, 4.69) is 38.2 Å². The van der Waals surface area contributed by atoms with Crippen LogP contribution in [0.15, 0.2) is 0 Å². The summed E-state index contributed by atoms with van der Waals surface area (Å²) in [7, 11) is 4.18. The fourth-order valence-corrected chi connectivity index (χ4v) is 3.01. The maximum absolute atomic E-state index is 12.0. The number of nitrogens with one attached hydrogen (secondary N) is 1. The van der Waals surface area contributed by atoms with Crippen LogP contribution in [0.4, 0.5) is 0 Å². The van der Waals surface area contributed by atoms with Gasteiger partial charge in [-0.05, 0) is 39.3 Å². The molecule has 0 aromatic carbocycles. The minimum atomic E-state index is -0.216. The normalized spacial score (nSPS) is 19.3. The van der Waals surface area contributed by atoms with E-state index in [0.717, 1.165) is 38.6 Å². The van der Waals surface area contributed by atoms with Crippen molar-refractivity contribution >= 4 is 5.91 Å². The van der Waals surface area contributed by atoms with E-state index in [-0.39, 0.29) is 11.4 Å². The maximum atomic E-state index is 12.0. The van der Waals surface area contributed by atoms with E-state index in [1.54, 1.807) is 0 Å². The van der Waals surface area contributed by atoms with Gasteiger partial charge in [-0.2, -0.15) is 0 Å². The smallest absolute Gasteiger partial charge is 0.221 e. The van der Waals surface area contributed by atoms with Crippen molar-refractivity contribution in [2.75, 3.05) is 20.6 Å². The Kier molecular flexibility index (Phi) is 6.27. The molecule has 0 saturated heterocycles. The summed E-state index contributed by atoms with van der Waals surface area (Å²) < 4.78 is 0. The van der Waals surface area contributed by atoms with Crippen LogP contribution in [0.5, 0.6) is 0 Å². The number of nitrogens with zero attached hydrogens (tertiary/aromatic N) is 1. The average molecular weight is 269 g/mol. The van der Waals surface area contributed by atoms with Gasteiger partial charge < -0.3 is 16.0 Å². The summed E-state index contributed by atoms with van der Waals surface area (Å²) in [6.07, 6.45) is 5.92. The summed E-state index contributed by atoms with van der Waals surface area (Å²) in [5, 5.41) is 3.08. The van der Waals surface area contributed by atoms with Gasteiger partial charge in [0.05, 0.1) is 0 Å². The van der Waals surface area contributed by atoms with Gasteiger partial charge in [-0.1, -0.05) is 26.7 Å². The summed E-state index contributed by atoms with van der Waals surface area (Å²) >= 11 is 0. The number of amides is 1. The summed E-state index contributed by atoms with van der Waals surface area (Å²) in [6, 6.07) is 0.411. The number of hydrogen-bond donors (Lipinski definition) is 2. The van der Waals surface area contributed by atoms with Gasteiger partial charge >= 0.3 is 0 Å². The van der Waals surface area contributed by atoms with Gasteiger partial charge in [-0.3, -0.25) is 4.79 Å². The van der Waals surface area contributed by atoms with E-state index in [1.165, 1.54) is 0 Å². The van der Waals surface area contributed by atoms with Crippen molar-refractivity contribution < 1.29 is 4.79 Å². The molecule has 0 aliphatic heterocycles. The molecule has 4 heteroatoms. The average Bonchev–Trinajstić information content (AvgIpc) is 2.32. The molecule has 1 atom stereocenters. The van der Waals surface area contributed by atoms with Crippen LogP contribution in [0.2, 0.25) is 0 Å². The number of hydrogen-bond acceptors (Lipinski definition) is 3. The second-order valence-electron chi connectivity index (χ2n) is 6.30. The fourth-order valence-electron chi connectivity index (χ4n) is 3.01. The maximum Gasteiger partial charge on any atom is 0.221 e. The van der Waals surface area contributed by atoms with Gasteiger partial charge in [0.25, 0.3) is 0 Å². The molecule has 1 unspecified atom stereocenters. The highest BCUT2D eigenvalue weighted by Crippen LogP contribution is 2.31. The third kappa shape index (κ3) is 4.77. The SMILES string of the molecule is CCC(CC)C(CNC(=O)CC1(N)CCC1)N(C)C. The molecule has 0 heterocycles. The quantitative estimate of drug-likeness (QED) is 0.705. The molecule has 0 bridgehead atoms. The van der Waals surface area contributed by atoms with Crippen LogP contribution in [0.25, 0.3) is 0 Å².